The van der Waals surface area contributed by atoms with Gasteiger partial charge in [0.1, 0.15) is 0 Å². The fraction of sp³-hybridized carbons (Fsp3) is 0.909. The lowest BCUT2D eigenvalue weighted by atomic mass is 10.2. The maximum atomic E-state index is 11.4. The van der Waals surface area contributed by atoms with Gasteiger partial charge in [-0.1, -0.05) is 12.8 Å². The van der Waals surface area contributed by atoms with Gasteiger partial charge in [-0.15, -0.1) is 0 Å². The van der Waals surface area contributed by atoms with Crippen molar-refractivity contribution in [2.75, 3.05) is 19.8 Å². The Morgan fingerprint density at radius 3 is 2.80 bits per heavy atom. The van der Waals surface area contributed by atoms with Crippen molar-refractivity contribution in [1.82, 2.24) is 10.6 Å². The summed E-state index contributed by atoms with van der Waals surface area (Å²) < 4.78 is 5.18. The zero-order chi connectivity index (χ0) is 10.9. The highest BCUT2D eigenvalue weighted by Gasteiger charge is 2.16. The number of carbonyl (C=O) groups is 1. The second-order valence-electron chi connectivity index (χ2n) is 3.93. The monoisotopic (exact) mass is 214 g/mol. The van der Waals surface area contributed by atoms with Crippen LogP contribution >= 0.6 is 0 Å². The van der Waals surface area contributed by atoms with Crippen LogP contribution in [0.2, 0.25) is 0 Å². The van der Waals surface area contributed by atoms with E-state index in [9.17, 15) is 4.79 Å². The van der Waals surface area contributed by atoms with Crippen LogP contribution in [0.15, 0.2) is 0 Å². The van der Waals surface area contributed by atoms with Crippen molar-refractivity contribution < 1.29 is 9.53 Å². The lowest BCUT2D eigenvalue weighted by Gasteiger charge is -2.12. The molecule has 1 saturated carbocycles. The third-order valence-corrected chi connectivity index (χ3v) is 2.65. The number of nitrogens with one attached hydrogen (secondary N) is 2. The van der Waals surface area contributed by atoms with Gasteiger partial charge in [0.05, 0.1) is 0 Å². The van der Waals surface area contributed by atoms with Crippen LogP contribution in [0, 0.1) is 0 Å². The predicted molar refractivity (Wildman–Crippen MR) is 59.9 cm³/mol. The molecule has 15 heavy (non-hydrogen) atoms. The van der Waals surface area contributed by atoms with E-state index in [0.29, 0.717) is 12.6 Å². The van der Waals surface area contributed by atoms with Crippen LogP contribution in [-0.2, 0) is 4.74 Å². The van der Waals surface area contributed by atoms with Gasteiger partial charge in [0.25, 0.3) is 0 Å². The van der Waals surface area contributed by atoms with Gasteiger partial charge in [0.15, 0.2) is 0 Å². The molecule has 1 fully saturated rings. The first kappa shape index (κ1) is 12.3. The van der Waals surface area contributed by atoms with Gasteiger partial charge < -0.3 is 15.4 Å². The van der Waals surface area contributed by atoms with Crippen LogP contribution < -0.4 is 10.6 Å². The number of rotatable bonds is 6. The van der Waals surface area contributed by atoms with Gasteiger partial charge >= 0.3 is 6.03 Å². The SMILES string of the molecule is CCOCCCNC(=O)NC1CCCC1. The van der Waals surface area contributed by atoms with Crippen LogP contribution in [0.3, 0.4) is 0 Å². The largest absolute Gasteiger partial charge is 0.382 e. The molecule has 0 aromatic heterocycles. The van der Waals surface area contributed by atoms with Crippen molar-refractivity contribution >= 4 is 6.03 Å². The topological polar surface area (TPSA) is 50.4 Å². The summed E-state index contributed by atoms with van der Waals surface area (Å²) in [6.07, 6.45) is 5.63. The summed E-state index contributed by atoms with van der Waals surface area (Å²) in [5, 5.41) is 5.82. The van der Waals surface area contributed by atoms with Crippen LogP contribution in [-0.4, -0.2) is 31.8 Å². The van der Waals surface area contributed by atoms with Crippen LogP contribution in [0.25, 0.3) is 0 Å². The molecule has 0 radical (unpaired) electrons. The van der Waals surface area contributed by atoms with Crippen LogP contribution in [0.1, 0.15) is 39.0 Å². The molecule has 0 saturated heterocycles. The number of urea groups is 1. The average Bonchev–Trinajstić information content (AvgIpc) is 2.70. The fourth-order valence-corrected chi connectivity index (χ4v) is 1.83. The Morgan fingerprint density at radius 2 is 2.13 bits per heavy atom. The smallest absolute Gasteiger partial charge is 0.315 e. The van der Waals surface area contributed by atoms with Gasteiger partial charge in [0.2, 0.25) is 0 Å². The molecule has 4 nitrogen and oxygen atoms in total. The molecule has 0 atom stereocenters. The minimum atomic E-state index is -0.0293. The predicted octanol–water partition coefficient (Wildman–Crippen LogP) is 1.65. The zero-order valence-electron chi connectivity index (χ0n) is 9.55. The maximum absolute atomic E-state index is 11.4. The number of ether oxygens (including phenoxy) is 1. The maximum Gasteiger partial charge on any atom is 0.315 e. The van der Waals surface area contributed by atoms with Crippen molar-refractivity contribution in [3.05, 3.63) is 0 Å². The fourth-order valence-electron chi connectivity index (χ4n) is 1.83. The summed E-state index contributed by atoms with van der Waals surface area (Å²) in [6.45, 7) is 4.13. The van der Waals surface area contributed by atoms with E-state index in [-0.39, 0.29) is 6.03 Å². The molecule has 0 bridgehead atoms. The highest BCUT2D eigenvalue weighted by atomic mass is 16.5. The standard InChI is InChI=1S/C11H22N2O2/c1-2-15-9-5-8-12-11(14)13-10-6-3-4-7-10/h10H,2-9H2,1H3,(H2,12,13,14). The van der Waals surface area contributed by atoms with Crippen molar-refractivity contribution in [1.29, 1.82) is 0 Å². The van der Waals surface area contributed by atoms with E-state index in [1.54, 1.807) is 0 Å². The van der Waals surface area contributed by atoms with Crippen LogP contribution in [0.5, 0.6) is 0 Å². The summed E-state index contributed by atoms with van der Waals surface area (Å²) in [6, 6.07) is 0.371. The Hall–Kier alpha value is -0.770. The summed E-state index contributed by atoms with van der Waals surface area (Å²) in [5.74, 6) is 0. The van der Waals surface area contributed by atoms with Gasteiger partial charge in [-0.05, 0) is 26.2 Å². The minimum absolute atomic E-state index is 0.0293. The van der Waals surface area contributed by atoms with Gasteiger partial charge in [0, 0.05) is 25.8 Å². The lowest BCUT2D eigenvalue weighted by molar-refractivity contribution is 0.145. The molecule has 88 valence electrons. The van der Waals surface area contributed by atoms with Crippen molar-refractivity contribution in [2.24, 2.45) is 0 Å². The second kappa shape index (κ2) is 7.51. The van der Waals surface area contributed by atoms with Gasteiger partial charge in [-0.3, -0.25) is 0 Å². The Labute approximate surface area is 91.8 Å². The molecule has 1 aliphatic carbocycles. The van der Waals surface area contributed by atoms with Crippen molar-refractivity contribution in [2.45, 2.75) is 45.1 Å². The summed E-state index contributed by atoms with van der Waals surface area (Å²) in [5.41, 5.74) is 0. The number of amides is 2. The summed E-state index contributed by atoms with van der Waals surface area (Å²) in [7, 11) is 0. The highest BCUT2D eigenvalue weighted by molar-refractivity contribution is 5.74. The Kier molecular flexibility index (Phi) is 6.16. The third kappa shape index (κ3) is 5.62. The Morgan fingerprint density at radius 1 is 1.40 bits per heavy atom. The van der Waals surface area contributed by atoms with E-state index in [2.05, 4.69) is 10.6 Å². The quantitative estimate of drug-likeness (QED) is 0.661. The first-order valence-corrected chi connectivity index (χ1v) is 5.95. The van der Waals surface area contributed by atoms with E-state index < -0.39 is 0 Å². The molecule has 4 heteroatoms. The molecule has 0 spiro atoms. The molecule has 1 aliphatic rings. The van der Waals surface area contributed by atoms with Crippen molar-refractivity contribution in [3.63, 3.8) is 0 Å². The minimum Gasteiger partial charge on any atom is -0.382 e. The Bertz CT molecular complexity index is 179. The van der Waals surface area contributed by atoms with E-state index >= 15 is 0 Å². The molecule has 1 rings (SSSR count). The van der Waals surface area contributed by atoms with Crippen LogP contribution in [0.4, 0.5) is 4.79 Å². The molecule has 2 N–H and O–H groups in total. The van der Waals surface area contributed by atoms with Gasteiger partial charge in [-0.25, -0.2) is 4.79 Å². The van der Waals surface area contributed by atoms with E-state index in [0.717, 1.165) is 32.5 Å². The van der Waals surface area contributed by atoms with E-state index in [4.69, 9.17) is 4.74 Å². The Balaban J connectivity index is 1.93. The molecule has 0 aromatic carbocycles. The second-order valence-corrected chi connectivity index (χ2v) is 3.93. The molecule has 0 unspecified atom stereocenters. The van der Waals surface area contributed by atoms with Crippen molar-refractivity contribution in [3.8, 4) is 0 Å². The summed E-state index contributed by atoms with van der Waals surface area (Å²) >= 11 is 0. The van der Waals surface area contributed by atoms with E-state index in [1.807, 2.05) is 6.92 Å². The van der Waals surface area contributed by atoms with Gasteiger partial charge in [-0.2, -0.15) is 0 Å². The lowest BCUT2D eigenvalue weighted by Crippen LogP contribution is -2.41. The molecule has 0 heterocycles. The summed E-state index contributed by atoms with van der Waals surface area (Å²) in [4.78, 5) is 11.4. The number of hydrogen-bond donors (Lipinski definition) is 2. The molecule has 2 amide bonds. The first-order valence-electron chi connectivity index (χ1n) is 5.95. The molecular formula is C11H22N2O2. The molecule has 0 aromatic rings. The average molecular weight is 214 g/mol. The zero-order valence-corrected chi connectivity index (χ0v) is 9.55. The normalized spacial score (nSPS) is 16.6. The van der Waals surface area contributed by atoms with E-state index in [1.165, 1.54) is 12.8 Å². The number of hydrogen-bond acceptors (Lipinski definition) is 2. The molecule has 0 aliphatic heterocycles. The first-order chi connectivity index (χ1) is 7.33. The third-order valence-electron chi connectivity index (χ3n) is 2.65. The number of carbonyl (C=O) groups excluding carboxylic acids is 1. The molecular weight excluding hydrogens is 192 g/mol. The highest BCUT2D eigenvalue weighted by Crippen LogP contribution is 2.17.